The zero-order valence-corrected chi connectivity index (χ0v) is 21.0. The molecule has 2 aromatic heterocycles. The zero-order valence-electron chi connectivity index (χ0n) is 20.2. The molecule has 11 heteroatoms. The SMILES string of the molecule is Cc1cccc2c(N)c3cccc(C(=O)NC(C)[N+](C)(C)Cc4c([N+](=O)[O-])ncn4C)c3nc12.[Cl-]. The number of nitrogens with one attached hydrogen (secondary N) is 1. The fourth-order valence-electron chi connectivity index (χ4n) is 4.09. The van der Waals surface area contributed by atoms with Crippen molar-refractivity contribution < 1.29 is 26.6 Å². The van der Waals surface area contributed by atoms with Crippen molar-refractivity contribution in [2.24, 2.45) is 7.05 Å². The minimum Gasteiger partial charge on any atom is -1.00 e. The second-order valence-electron chi connectivity index (χ2n) is 9.17. The predicted molar refractivity (Wildman–Crippen MR) is 131 cm³/mol. The van der Waals surface area contributed by atoms with Gasteiger partial charge >= 0.3 is 5.82 Å². The number of rotatable bonds is 6. The number of para-hydroxylation sites is 2. The Hall–Kier alpha value is -3.76. The van der Waals surface area contributed by atoms with Gasteiger partial charge in [-0.2, -0.15) is 0 Å². The van der Waals surface area contributed by atoms with Crippen molar-refractivity contribution in [2.45, 2.75) is 26.6 Å². The van der Waals surface area contributed by atoms with E-state index >= 15 is 0 Å². The molecule has 1 atom stereocenters. The molecule has 4 rings (SSSR count). The number of hydrogen-bond acceptors (Lipinski definition) is 6. The van der Waals surface area contributed by atoms with Crippen LogP contribution in [0.3, 0.4) is 0 Å². The lowest BCUT2D eigenvalue weighted by molar-refractivity contribution is -0.928. The lowest BCUT2D eigenvalue weighted by Gasteiger charge is -2.36. The van der Waals surface area contributed by atoms with Crippen LogP contribution in [0.25, 0.3) is 21.8 Å². The van der Waals surface area contributed by atoms with Gasteiger partial charge in [-0.1, -0.05) is 30.3 Å². The molecular weight excluding hydrogens is 470 g/mol. The molecule has 0 saturated heterocycles. The number of nitro groups is 1. The third kappa shape index (κ3) is 4.62. The summed E-state index contributed by atoms with van der Waals surface area (Å²) in [5.74, 6) is -0.466. The Morgan fingerprint density at radius 1 is 1.20 bits per heavy atom. The van der Waals surface area contributed by atoms with E-state index in [2.05, 4.69) is 10.3 Å². The molecule has 0 aliphatic carbocycles. The molecule has 1 unspecified atom stereocenters. The average Bonchev–Trinajstić information content (AvgIpc) is 3.14. The number of aryl methyl sites for hydroxylation is 2. The number of benzene rings is 2. The lowest BCUT2D eigenvalue weighted by atomic mass is 10.0. The summed E-state index contributed by atoms with van der Waals surface area (Å²) in [5.41, 5.74) is 10.2. The minimum absolute atomic E-state index is 0. The van der Waals surface area contributed by atoms with Crippen molar-refractivity contribution in [3.05, 3.63) is 69.7 Å². The van der Waals surface area contributed by atoms with Gasteiger partial charge in [0.2, 0.25) is 6.33 Å². The molecule has 35 heavy (non-hydrogen) atoms. The van der Waals surface area contributed by atoms with Crippen molar-refractivity contribution in [2.75, 3.05) is 19.8 Å². The third-order valence-electron chi connectivity index (χ3n) is 6.48. The van der Waals surface area contributed by atoms with Crippen LogP contribution < -0.4 is 23.5 Å². The first-order valence-corrected chi connectivity index (χ1v) is 10.9. The van der Waals surface area contributed by atoms with E-state index in [1.54, 1.807) is 23.7 Å². The van der Waals surface area contributed by atoms with Gasteiger partial charge in [0.25, 0.3) is 5.91 Å². The number of carbonyl (C=O) groups excluding carboxylic acids is 1. The van der Waals surface area contributed by atoms with Crippen molar-refractivity contribution >= 4 is 39.2 Å². The highest BCUT2D eigenvalue weighted by atomic mass is 35.5. The van der Waals surface area contributed by atoms with Gasteiger partial charge in [0.1, 0.15) is 6.54 Å². The quantitative estimate of drug-likeness (QED) is 0.129. The molecule has 0 saturated carbocycles. The van der Waals surface area contributed by atoms with Gasteiger partial charge in [-0.25, -0.2) is 4.98 Å². The highest BCUT2D eigenvalue weighted by Gasteiger charge is 2.32. The van der Waals surface area contributed by atoms with E-state index in [9.17, 15) is 14.9 Å². The summed E-state index contributed by atoms with van der Waals surface area (Å²) in [6, 6.07) is 11.2. The molecule has 184 valence electrons. The first kappa shape index (κ1) is 25.9. The number of carbonyl (C=O) groups is 1. The van der Waals surface area contributed by atoms with Gasteiger partial charge in [0, 0.05) is 24.7 Å². The maximum Gasteiger partial charge on any atom is 0.390 e. The Morgan fingerprint density at radius 2 is 1.83 bits per heavy atom. The number of pyridine rings is 1. The van der Waals surface area contributed by atoms with Gasteiger partial charge in [-0.15, -0.1) is 0 Å². The standard InChI is InChI=1S/C24H27N7O3.ClH/c1-14-8-6-9-16-20(25)17-10-7-11-18(22(17)28-21(14)16)24(32)27-15(2)31(4,5)12-19-23(30(33)34)26-13-29(19)3;/h6-11,13,15H,12H2,1-5H3,(H2-,25,27,28,32);1H. The smallest absolute Gasteiger partial charge is 0.390 e. The number of anilines is 1. The number of quaternary nitrogens is 1. The number of hydrogen-bond donors (Lipinski definition) is 2. The molecule has 10 nitrogen and oxygen atoms in total. The average molecular weight is 498 g/mol. The summed E-state index contributed by atoms with van der Waals surface area (Å²) in [5, 5.41) is 16.0. The molecule has 2 aromatic carbocycles. The number of aromatic nitrogens is 3. The van der Waals surface area contributed by atoms with Gasteiger partial charge in [-0.3, -0.25) is 4.79 Å². The number of amides is 1. The Balaban J connectivity index is 0.00000342. The molecule has 4 aromatic rings. The van der Waals surface area contributed by atoms with Gasteiger partial charge < -0.3 is 42.6 Å². The van der Waals surface area contributed by atoms with Crippen molar-refractivity contribution in [1.82, 2.24) is 19.9 Å². The van der Waals surface area contributed by atoms with Crippen LogP contribution in [0, 0.1) is 17.0 Å². The van der Waals surface area contributed by atoms with E-state index in [0.717, 1.165) is 21.9 Å². The van der Waals surface area contributed by atoms with Crippen LogP contribution in [-0.2, 0) is 13.6 Å². The molecule has 2 heterocycles. The van der Waals surface area contributed by atoms with E-state index in [1.165, 1.54) is 6.33 Å². The fraction of sp³-hybridized carbons (Fsp3) is 0.292. The van der Waals surface area contributed by atoms with E-state index in [4.69, 9.17) is 10.7 Å². The van der Waals surface area contributed by atoms with Gasteiger partial charge in [0.15, 0.2) is 11.9 Å². The summed E-state index contributed by atoms with van der Waals surface area (Å²) in [6.07, 6.45) is 1.06. The number of nitrogen functional groups attached to an aromatic ring is 1. The molecule has 1 amide bonds. The highest BCUT2D eigenvalue weighted by molar-refractivity contribution is 6.13. The molecule has 0 spiro atoms. The molecule has 0 fully saturated rings. The first-order chi connectivity index (χ1) is 16.0. The first-order valence-electron chi connectivity index (χ1n) is 10.9. The Labute approximate surface area is 208 Å². The summed E-state index contributed by atoms with van der Waals surface area (Å²) >= 11 is 0. The summed E-state index contributed by atoms with van der Waals surface area (Å²) in [7, 11) is 5.52. The van der Waals surface area contributed by atoms with Crippen LogP contribution >= 0.6 is 0 Å². The molecule has 0 bridgehead atoms. The van der Waals surface area contributed by atoms with Crippen LogP contribution in [-0.4, -0.2) is 50.1 Å². The minimum atomic E-state index is -0.489. The topological polar surface area (TPSA) is 129 Å². The Kier molecular flexibility index (Phi) is 7.00. The third-order valence-corrected chi connectivity index (χ3v) is 6.48. The van der Waals surface area contributed by atoms with Crippen LogP contribution in [0.2, 0.25) is 0 Å². The van der Waals surface area contributed by atoms with E-state index in [1.807, 2.05) is 52.2 Å². The largest absolute Gasteiger partial charge is 1.00 e. The predicted octanol–water partition coefficient (Wildman–Crippen LogP) is 0.277. The maximum atomic E-state index is 13.4. The summed E-state index contributed by atoms with van der Waals surface area (Å²) in [4.78, 5) is 32.9. The number of fused-ring (bicyclic) bond motifs is 2. The molecule has 0 aliphatic heterocycles. The molecule has 0 radical (unpaired) electrons. The Morgan fingerprint density at radius 3 is 2.49 bits per heavy atom. The fourth-order valence-corrected chi connectivity index (χ4v) is 4.09. The monoisotopic (exact) mass is 497 g/mol. The van der Waals surface area contributed by atoms with E-state index in [0.29, 0.717) is 29.0 Å². The number of imidazole rings is 1. The highest BCUT2D eigenvalue weighted by Crippen LogP contribution is 2.31. The van der Waals surface area contributed by atoms with Gasteiger partial charge in [-0.05, 0) is 28.5 Å². The van der Waals surface area contributed by atoms with Crippen LogP contribution in [0.1, 0.15) is 28.5 Å². The van der Waals surface area contributed by atoms with Crippen molar-refractivity contribution in [3.63, 3.8) is 0 Å². The maximum absolute atomic E-state index is 13.4. The molecule has 0 aliphatic rings. The van der Waals surface area contributed by atoms with E-state index < -0.39 is 4.92 Å². The molecular formula is C24H28ClN7O3. The van der Waals surface area contributed by atoms with E-state index in [-0.39, 0.29) is 34.8 Å². The van der Waals surface area contributed by atoms with Crippen LogP contribution in [0.4, 0.5) is 11.5 Å². The number of halogens is 1. The Bertz CT molecular complexity index is 1450. The summed E-state index contributed by atoms with van der Waals surface area (Å²) in [6.45, 7) is 4.13. The normalized spacial score (nSPS) is 12.4. The lowest BCUT2D eigenvalue weighted by Crippen LogP contribution is -3.00. The second-order valence-corrected chi connectivity index (χ2v) is 9.17. The van der Waals surface area contributed by atoms with Crippen LogP contribution in [0.15, 0.2) is 42.7 Å². The number of nitrogens with two attached hydrogens (primary N) is 1. The van der Waals surface area contributed by atoms with Crippen molar-refractivity contribution in [1.29, 1.82) is 0 Å². The summed E-state index contributed by atoms with van der Waals surface area (Å²) < 4.78 is 1.91. The van der Waals surface area contributed by atoms with Crippen LogP contribution in [0.5, 0.6) is 0 Å². The molecule has 3 N–H and O–H groups in total. The van der Waals surface area contributed by atoms with Gasteiger partial charge in [0.05, 0.1) is 36.4 Å². The second kappa shape index (κ2) is 9.47. The number of nitrogens with zero attached hydrogens (tertiary/aromatic N) is 5. The zero-order chi connectivity index (χ0) is 24.8. The van der Waals surface area contributed by atoms with Crippen molar-refractivity contribution in [3.8, 4) is 0 Å².